The molecule has 0 amide bonds. The molecule has 2 rings (SSSR count). The molecular formula is C17H17N5O2S. The summed E-state index contributed by atoms with van der Waals surface area (Å²) in [5.41, 5.74) is 9.73. The van der Waals surface area contributed by atoms with Gasteiger partial charge in [-0.1, -0.05) is 29.8 Å². The highest BCUT2D eigenvalue weighted by Gasteiger charge is 2.15. The molecule has 25 heavy (non-hydrogen) atoms. The van der Waals surface area contributed by atoms with E-state index < -0.39 is 15.7 Å². The number of amidine groups is 1. The van der Waals surface area contributed by atoms with Gasteiger partial charge in [0.1, 0.15) is 6.07 Å². The largest absolute Gasteiger partial charge is 0.382 e. The summed E-state index contributed by atoms with van der Waals surface area (Å²) in [6.07, 6.45) is 0. The maximum absolute atomic E-state index is 12.4. The van der Waals surface area contributed by atoms with Gasteiger partial charge in [0.05, 0.1) is 16.3 Å². The molecule has 0 unspecified atom stereocenters. The Balaban J connectivity index is 2.11. The van der Waals surface area contributed by atoms with E-state index in [1.165, 1.54) is 0 Å². The van der Waals surface area contributed by atoms with Crippen LogP contribution in [0, 0.1) is 23.7 Å². The smallest absolute Gasteiger partial charge is 0.201 e. The standard InChI is InChI=1S/C17H17N5O2S/c1-12-2-8-15(9-3-12)25(23,24)11-13-4-6-14(7-5-13)21-22-16(10-18)17(19)20/h2-9,21H,11H2,1H3,(H3,19,20)/b22-16+. The highest BCUT2D eigenvalue weighted by Crippen LogP contribution is 2.18. The van der Waals surface area contributed by atoms with Gasteiger partial charge in [0.25, 0.3) is 0 Å². The number of aryl methyl sites for hydroxylation is 1. The van der Waals surface area contributed by atoms with Crippen molar-refractivity contribution in [1.82, 2.24) is 0 Å². The highest BCUT2D eigenvalue weighted by atomic mass is 32.2. The first kappa shape index (κ1) is 18.2. The summed E-state index contributed by atoms with van der Waals surface area (Å²) in [5.74, 6) is -0.549. The topological polar surface area (TPSA) is 132 Å². The number of sulfone groups is 1. The van der Waals surface area contributed by atoms with Gasteiger partial charge in [0.15, 0.2) is 15.7 Å². The van der Waals surface area contributed by atoms with Crippen molar-refractivity contribution < 1.29 is 8.42 Å². The lowest BCUT2D eigenvalue weighted by Gasteiger charge is -2.06. The van der Waals surface area contributed by atoms with Gasteiger partial charge in [0, 0.05) is 0 Å². The van der Waals surface area contributed by atoms with Gasteiger partial charge in [-0.25, -0.2) is 8.42 Å². The number of benzene rings is 2. The van der Waals surface area contributed by atoms with Crippen molar-refractivity contribution in [2.45, 2.75) is 17.6 Å². The minimum atomic E-state index is -3.42. The molecule has 0 aliphatic carbocycles. The number of anilines is 1. The summed E-state index contributed by atoms with van der Waals surface area (Å²) >= 11 is 0. The van der Waals surface area contributed by atoms with Crippen LogP contribution in [0.4, 0.5) is 5.69 Å². The Hall–Kier alpha value is -3.18. The maximum atomic E-state index is 12.4. The maximum Gasteiger partial charge on any atom is 0.201 e. The SMILES string of the molecule is Cc1ccc(S(=O)(=O)Cc2ccc(N/N=C(\C#N)C(=N)N)cc2)cc1. The van der Waals surface area contributed by atoms with Crippen molar-refractivity contribution in [1.29, 1.82) is 10.7 Å². The zero-order chi connectivity index (χ0) is 18.4. The minimum Gasteiger partial charge on any atom is -0.382 e. The van der Waals surface area contributed by atoms with Gasteiger partial charge < -0.3 is 5.73 Å². The second kappa shape index (κ2) is 7.59. The molecule has 0 atom stereocenters. The number of nitrogens with two attached hydrogens (primary N) is 1. The van der Waals surface area contributed by atoms with Crippen molar-refractivity contribution in [3.8, 4) is 6.07 Å². The molecule has 0 fully saturated rings. The minimum absolute atomic E-state index is 0.115. The molecular weight excluding hydrogens is 338 g/mol. The van der Waals surface area contributed by atoms with Gasteiger partial charge in [-0.05, 0) is 36.8 Å². The molecule has 0 spiro atoms. The average Bonchev–Trinajstić information content (AvgIpc) is 2.56. The molecule has 8 heteroatoms. The molecule has 0 heterocycles. The van der Waals surface area contributed by atoms with Crippen LogP contribution in [-0.2, 0) is 15.6 Å². The molecule has 0 saturated heterocycles. The molecule has 0 bridgehead atoms. The van der Waals surface area contributed by atoms with E-state index in [1.807, 2.05) is 6.92 Å². The third-order valence-electron chi connectivity index (χ3n) is 3.35. The number of rotatable bonds is 6. The van der Waals surface area contributed by atoms with Crippen LogP contribution < -0.4 is 11.2 Å². The normalized spacial score (nSPS) is 11.6. The van der Waals surface area contributed by atoms with Crippen molar-refractivity contribution >= 4 is 27.1 Å². The van der Waals surface area contributed by atoms with E-state index in [-0.39, 0.29) is 16.4 Å². The fourth-order valence-electron chi connectivity index (χ4n) is 1.99. The second-order valence-corrected chi connectivity index (χ2v) is 7.36. The first-order valence-electron chi connectivity index (χ1n) is 7.28. The van der Waals surface area contributed by atoms with E-state index in [0.29, 0.717) is 11.3 Å². The lowest BCUT2D eigenvalue weighted by molar-refractivity contribution is 0.595. The molecule has 0 aromatic heterocycles. The number of nitriles is 1. The quantitative estimate of drug-likeness (QED) is 0.415. The van der Waals surface area contributed by atoms with Gasteiger partial charge in [-0.3, -0.25) is 10.8 Å². The molecule has 2 aromatic rings. The summed E-state index contributed by atoms with van der Waals surface area (Å²) in [6, 6.07) is 15.0. The Morgan fingerprint density at radius 1 is 1.20 bits per heavy atom. The molecule has 0 radical (unpaired) electrons. The Bertz CT molecular complexity index is 940. The van der Waals surface area contributed by atoms with Crippen LogP contribution in [-0.4, -0.2) is 20.0 Å². The van der Waals surface area contributed by atoms with E-state index in [1.54, 1.807) is 54.6 Å². The van der Waals surface area contributed by atoms with Gasteiger partial charge in [-0.15, -0.1) is 0 Å². The molecule has 128 valence electrons. The fourth-order valence-corrected chi connectivity index (χ4v) is 3.34. The fraction of sp³-hybridized carbons (Fsp3) is 0.118. The van der Waals surface area contributed by atoms with E-state index in [2.05, 4.69) is 10.5 Å². The third-order valence-corrected chi connectivity index (χ3v) is 5.05. The number of hydrazone groups is 1. The van der Waals surface area contributed by atoms with E-state index in [0.717, 1.165) is 5.56 Å². The first-order valence-corrected chi connectivity index (χ1v) is 8.93. The Labute approximate surface area is 146 Å². The summed E-state index contributed by atoms with van der Waals surface area (Å²) in [6.45, 7) is 1.90. The number of nitrogens with one attached hydrogen (secondary N) is 2. The van der Waals surface area contributed by atoms with Crippen molar-refractivity contribution in [3.63, 3.8) is 0 Å². The van der Waals surface area contributed by atoms with Crippen LogP contribution in [0.3, 0.4) is 0 Å². The molecule has 2 aromatic carbocycles. The zero-order valence-electron chi connectivity index (χ0n) is 13.5. The predicted octanol–water partition coefficient (Wildman–Crippen LogP) is 2.20. The van der Waals surface area contributed by atoms with Crippen LogP contribution in [0.5, 0.6) is 0 Å². The van der Waals surface area contributed by atoms with Gasteiger partial charge in [0.2, 0.25) is 5.71 Å². The predicted molar refractivity (Wildman–Crippen MR) is 97.1 cm³/mol. The summed E-state index contributed by atoms with van der Waals surface area (Å²) in [5, 5.41) is 19.6. The van der Waals surface area contributed by atoms with Crippen LogP contribution in [0.15, 0.2) is 58.5 Å². The number of hydrogen-bond donors (Lipinski definition) is 3. The third kappa shape index (κ3) is 4.89. The Morgan fingerprint density at radius 3 is 2.32 bits per heavy atom. The monoisotopic (exact) mass is 355 g/mol. The summed E-state index contributed by atoms with van der Waals surface area (Å²) in [7, 11) is -3.42. The van der Waals surface area contributed by atoms with Crippen molar-refractivity contribution in [2.24, 2.45) is 10.8 Å². The van der Waals surface area contributed by atoms with E-state index >= 15 is 0 Å². The zero-order valence-corrected chi connectivity index (χ0v) is 14.3. The van der Waals surface area contributed by atoms with Crippen LogP contribution in [0.2, 0.25) is 0 Å². The van der Waals surface area contributed by atoms with Crippen LogP contribution in [0.25, 0.3) is 0 Å². The highest BCUT2D eigenvalue weighted by molar-refractivity contribution is 7.90. The number of hydrogen-bond acceptors (Lipinski definition) is 6. The van der Waals surface area contributed by atoms with Crippen LogP contribution in [0.1, 0.15) is 11.1 Å². The average molecular weight is 355 g/mol. The van der Waals surface area contributed by atoms with Gasteiger partial charge in [-0.2, -0.15) is 10.4 Å². The lowest BCUT2D eigenvalue weighted by atomic mass is 10.2. The van der Waals surface area contributed by atoms with Crippen LogP contribution >= 0.6 is 0 Å². The molecule has 0 aliphatic rings. The Morgan fingerprint density at radius 2 is 1.80 bits per heavy atom. The Kier molecular flexibility index (Phi) is 5.52. The second-order valence-electron chi connectivity index (χ2n) is 5.37. The number of nitrogens with zero attached hydrogens (tertiary/aromatic N) is 2. The molecule has 0 saturated carbocycles. The summed E-state index contributed by atoms with van der Waals surface area (Å²) < 4.78 is 24.8. The lowest BCUT2D eigenvalue weighted by Crippen LogP contribution is -2.21. The molecule has 7 nitrogen and oxygen atoms in total. The van der Waals surface area contributed by atoms with E-state index in [4.69, 9.17) is 16.4 Å². The van der Waals surface area contributed by atoms with Crippen molar-refractivity contribution in [3.05, 3.63) is 59.7 Å². The summed E-state index contributed by atoms with van der Waals surface area (Å²) in [4.78, 5) is 0.282. The first-order chi connectivity index (χ1) is 11.8. The molecule has 0 aliphatic heterocycles. The van der Waals surface area contributed by atoms with E-state index in [9.17, 15) is 8.42 Å². The van der Waals surface area contributed by atoms with Crippen molar-refractivity contribution in [2.75, 3.05) is 5.43 Å². The molecule has 4 N–H and O–H groups in total. The van der Waals surface area contributed by atoms with Gasteiger partial charge >= 0.3 is 0 Å².